The van der Waals surface area contributed by atoms with Crippen LogP contribution in [0.2, 0.25) is 0 Å². The molecular weight excluding hydrogens is 380 g/mol. The molecule has 0 atom stereocenters. The van der Waals surface area contributed by atoms with E-state index in [1.165, 1.54) is 13.0 Å². The predicted octanol–water partition coefficient (Wildman–Crippen LogP) is 2.15. The number of sulfonamides is 1. The van der Waals surface area contributed by atoms with Crippen LogP contribution >= 0.6 is 15.9 Å². The van der Waals surface area contributed by atoms with Gasteiger partial charge in [-0.05, 0) is 19.4 Å². The molecular formula is C12H15BrN2O6S. The molecule has 1 aromatic rings. The van der Waals surface area contributed by atoms with E-state index in [4.69, 9.17) is 5.11 Å². The molecule has 22 heavy (non-hydrogen) atoms. The number of carboxylic acid groups (broad SMARTS) is 1. The first-order valence-corrected chi connectivity index (χ1v) is 8.51. The Kier molecular flexibility index (Phi) is 6.03. The third kappa shape index (κ3) is 4.02. The second-order valence-corrected chi connectivity index (χ2v) is 7.33. The molecule has 0 amide bonds. The maximum Gasteiger partial charge on any atom is 0.318 e. The van der Waals surface area contributed by atoms with Crippen LogP contribution in [-0.4, -0.2) is 41.8 Å². The van der Waals surface area contributed by atoms with Crippen molar-refractivity contribution in [1.29, 1.82) is 0 Å². The number of carboxylic acids is 1. The Hall–Kier alpha value is -1.52. The number of nitrogens with zero attached hydrogens (tertiary/aromatic N) is 2. The Balaban J connectivity index is 3.43. The molecule has 0 spiro atoms. The topological polar surface area (TPSA) is 118 Å². The van der Waals surface area contributed by atoms with Crippen LogP contribution in [0.4, 0.5) is 5.69 Å². The van der Waals surface area contributed by atoms with E-state index in [1.54, 1.807) is 6.92 Å². The summed E-state index contributed by atoms with van der Waals surface area (Å²) in [6, 6.07) is 2.18. The van der Waals surface area contributed by atoms with E-state index in [9.17, 15) is 23.3 Å². The van der Waals surface area contributed by atoms with Crippen molar-refractivity contribution in [3.8, 4) is 0 Å². The van der Waals surface area contributed by atoms with Gasteiger partial charge in [0, 0.05) is 22.6 Å². The average Bonchev–Trinajstić information content (AvgIpc) is 2.40. The Morgan fingerprint density at radius 1 is 1.45 bits per heavy atom. The van der Waals surface area contributed by atoms with Gasteiger partial charge in [0.15, 0.2) is 0 Å². The molecule has 1 N–H and O–H groups in total. The summed E-state index contributed by atoms with van der Waals surface area (Å²) in [5.41, 5.74) is -0.0519. The van der Waals surface area contributed by atoms with E-state index >= 15 is 0 Å². The number of rotatable bonds is 7. The molecule has 0 aliphatic carbocycles. The van der Waals surface area contributed by atoms with E-state index in [-0.39, 0.29) is 21.6 Å². The first kappa shape index (κ1) is 18.5. The van der Waals surface area contributed by atoms with Crippen molar-refractivity contribution in [2.45, 2.75) is 25.2 Å². The second-order valence-electron chi connectivity index (χ2n) is 4.54. The number of hydrogen-bond acceptors (Lipinski definition) is 5. The van der Waals surface area contributed by atoms with Gasteiger partial charge in [-0.15, -0.1) is 0 Å². The molecule has 0 aliphatic heterocycles. The van der Waals surface area contributed by atoms with Crippen LogP contribution in [0.15, 0.2) is 21.5 Å². The molecule has 0 aliphatic rings. The van der Waals surface area contributed by atoms with E-state index in [0.717, 1.165) is 10.4 Å². The van der Waals surface area contributed by atoms with Crippen molar-refractivity contribution in [2.24, 2.45) is 0 Å². The van der Waals surface area contributed by atoms with Crippen LogP contribution < -0.4 is 0 Å². The number of aliphatic carboxylic acids is 1. The van der Waals surface area contributed by atoms with E-state index in [2.05, 4.69) is 15.9 Å². The summed E-state index contributed by atoms with van der Waals surface area (Å²) in [6.07, 6.45) is 0.418. The lowest BCUT2D eigenvalue weighted by atomic mass is 10.2. The number of hydrogen-bond donors (Lipinski definition) is 1. The van der Waals surface area contributed by atoms with Crippen molar-refractivity contribution in [2.75, 3.05) is 13.1 Å². The van der Waals surface area contributed by atoms with Crippen LogP contribution in [-0.2, 0) is 14.8 Å². The first-order valence-electron chi connectivity index (χ1n) is 6.27. The van der Waals surface area contributed by atoms with Crippen LogP contribution in [0.1, 0.15) is 18.9 Å². The first-order chi connectivity index (χ1) is 10.1. The van der Waals surface area contributed by atoms with Crippen molar-refractivity contribution < 1.29 is 23.2 Å². The molecule has 0 saturated heterocycles. The normalized spacial score (nSPS) is 11.6. The summed E-state index contributed by atoms with van der Waals surface area (Å²) in [5.74, 6) is -1.29. The quantitative estimate of drug-likeness (QED) is 0.558. The molecule has 0 unspecified atom stereocenters. The zero-order chi connectivity index (χ0) is 17.1. The number of carbonyl (C=O) groups is 1. The summed E-state index contributed by atoms with van der Waals surface area (Å²) in [7, 11) is -4.14. The molecule has 1 rings (SSSR count). The smallest absolute Gasteiger partial charge is 0.318 e. The summed E-state index contributed by atoms with van der Waals surface area (Å²) in [6.45, 7) is 2.50. The summed E-state index contributed by atoms with van der Waals surface area (Å²) in [5, 5.41) is 19.8. The van der Waals surface area contributed by atoms with Crippen molar-refractivity contribution in [1.82, 2.24) is 4.31 Å². The number of benzene rings is 1. The van der Waals surface area contributed by atoms with Gasteiger partial charge in [0.2, 0.25) is 10.0 Å². The zero-order valence-electron chi connectivity index (χ0n) is 11.9. The third-order valence-corrected chi connectivity index (χ3v) is 5.56. The second kappa shape index (κ2) is 7.16. The monoisotopic (exact) mass is 394 g/mol. The minimum absolute atomic E-state index is 0.00786. The van der Waals surface area contributed by atoms with Gasteiger partial charge in [-0.3, -0.25) is 14.9 Å². The maximum absolute atomic E-state index is 12.5. The summed E-state index contributed by atoms with van der Waals surface area (Å²) < 4.78 is 26.1. The molecule has 10 heteroatoms. The van der Waals surface area contributed by atoms with Crippen molar-refractivity contribution >= 4 is 37.6 Å². The van der Waals surface area contributed by atoms with Gasteiger partial charge in [0.25, 0.3) is 5.69 Å². The molecule has 1 aromatic carbocycles. The average molecular weight is 395 g/mol. The largest absolute Gasteiger partial charge is 0.480 e. The molecule has 0 aromatic heterocycles. The SMILES string of the molecule is CCCN(CC(=O)O)S(=O)(=O)c1cc(Br)c(C)c([N+](=O)[O-])c1. The fourth-order valence-electron chi connectivity index (χ4n) is 1.81. The minimum atomic E-state index is -4.14. The summed E-state index contributed by atoms with van der Waals surface area (Å²) in [4.78, 5) is 20.9. The lowest BCUT2D eigenvalue weighted by Crippen LogP contribution is -2.36. The van der Waals surface area contributed by atoms with Gasteiger partial charge in [-0.2, -0.15) is 4.31 Å². The number of halogens is 1. The minimum Gasteiger partial charge on any atom is -0.480 e. The molecule has 0 radical (unpaired) electrons. The van der Waals surface area contributed by atoms with E-state index in [1.807, 2.05) is 0 Å². The maximum atomic E-state index is 12.5. The lowest BCUT2D eigenvalue weighted by molar-refractivity contribution is -0.385. The van der Waals surface area contributed by atoms with Gasteiger partial charge < -0.3 is 5.11 Å². The van der Waals surface area contributed by atoms with Crippen molar-refractivity contribution in [3.05, 3.63) is 32.3 Å². The fourth-order valence-corrected chi connectivity index (χ4v) is 3.94. The van der Waals surface area contributed by atoms with Gasteiger partial charge in [-0.25, -0.2) is 8.42 Å². The van der Waals surface area contributed by atoms with Crippen LogP contribution in [0, 0.1) is 17.0 Å². The third-order valence-electron chi connectivity index (χ3n) is 2.91. The zero-order valence-corrected chi connectivity index (χ0v) is 14.3. The predicted molar refractivity (Wildman–Crippen MR) is 82.2 cm³/mol. The molecule has 8 nitrogen and oxygen atoms in total. The van der Waals surface area contributed by atoms with Crippen LogP contribution in [0.5, 0.6) is 0 Å². The van der Waals surface area contributed by atoms with E-state index in [0.29, 0.717) is 12.0 Å². The molecule has 0 fully saturated rings. The van der Waals surface area contributed by atoms with Gasteiger partial charge in [0.05, 0.1) is 9.82 Å². The molecule has 122 valence electrons. The highest BCUT2D eigenvalue weighted by Crippen LogP contribution is 2.31. The number of nitro benzene ring substituents is 1. The van der Waals surface area contributed by atoms with Crippen molar-refractivity contribution in [3.63, 3.8) is 0 Å². The van der Waals surface area contributed by atoms with Crippen LogP contribution in [0.25, 0.3) is 0 Å². The van der Waals surface area contributed by atoms with Gasteiger partial charge >= 0.3 is 5.97 Å². The Labute approximate surface area is 136 Å². The lowest BCUT2D eigenvalue weighted by Gasteiger charge is -2.20. The Bertz CT molecular complexity index is 704. The Morgan fingerprint density at radius 3 is 2.50 bits per heavy atom. The fraction of sp³-hybridized carbons (Fsp3) is 0.417. The Morgan fingerprint density at radius 2 is 2.05 bits per heavy atom. The molecule has 0 heterocycles. The highest BCUT2D eigenvalue weighted by molar-refractivity contribution is 9.10. The van der Waals surface area contributed by atoms with E-state index < -0.39 is 27.5 Å². The van der Waals surface area contributed by atoms with Crippen LogP contribution in [0.3, 0.4) is 0 Å². The molecule has 0 bridgehead atoms. The number of nitro groups is 1. The molecule has 0 saturated carbocycles. The van der Waals surface area contributed by atoms with Gasteiger partial charge in [-0.1, -0.05) is 22.9 Å². The highest BCUT2D eigenvalue weighted by atomic mass is 79.9. The van der Waals surface area contributed by atoms with Gasteiger partial charge in [0.1, 0.15) is 6.54 Å². The standard InChI is InChI=1S/C12H15BrN2O6S/c1-3-4-14(7-12(16)17)22(20,21)9-5-10(13)8(2)11(6-9)15(18)19/h5-6H,3-4,7H2,1-2H3,(H,16,17). The summed E-state index contributed by atoms with van der Waals surface area (Å²) >= 11 is 3.09. The highest BCUT2D eigenvalue weighted by Gasteiger charge is 2.29.